The number of aromatic hydroxyl groups is 1. The summed E-state index contributed by atoms with van der Waals surface area (Å²) >= 11 is 3.34. The third-order valence-corrected chi connectivity index (χ3v) is 6.20. The average Bonchev–Trinajstić information content (AvgIpc) is 3.82. The van der Waals surface area contributed by atoms with Crippen molar-refractivity contribution in [2.45, 2.75) is 48.0 Å². The monoisotopic (exact) mass is 722 g/mol. The number of allylic oxidation sites excluding steroid dienone is 2. The van der Waals surface area contributed by atoms with Crippen LogP contribution in [0.3, 0.4) is 0 Å². The second kappa shape index (κ2) is 24.1. The van der Waals surface area contributed by atoms with Crippen molar-refractivity contribution in [2.24, 2.45) is 0 Å². The SMILES string of the molecule is Brc1cccc2c1OCO2.C/C=C(\C)C=O.CC.CCC.O=Cc1cccc(O)c1.O=Cc1cccc(Oc2cccc3c2OCO3)c1. The molecule has 0 atom stereocenters. The highest BCUT2D eigenvalue weighted by Crippen LogP contribution is 2.42. The van der Waals surface area contributed by atoms with E-state index < -0.39 is 0 Å². The van der Waals surface area contributed by atoms with Gasteiger partial charge in [-0.3, -0.25) is 14.4 Å². The highest BCUT2D eigenvalue weighted by molar-refractivity contribution is 9.10. The van der Waals surface area contributed by atoms with Gasteiger partial charge in [-0.05, 0) is 83.9 Å². The lowest BCUT2D eigenvalue weighted by atomic mass is 10.2. The van der Waals surface area contributed by atoms with E-state index in [-0.39, 0.29) is 12.5 Å². The van der Waals surface area contributed by atoms with Crippen molar-refractivity contribution in [3.8, 4) is 40.2 Å². The molecule has 4 aromatic rings. The van der Waals surface area contributed by atoms with Crippen molar-refractivity contribution < 1.29 is 43.2 Å². The molecule has 0 aliphatic carbocycles. The molecule has 0 amide bonds. The molecule has 1 N–H and O–H groups in total. The lowest BCUT2D eigenvalue weighted by Gasteiger charge is -2.08. The zero-order valence-corrected chi connectivity index (χ0v) is 29.7. The number of benzene rings is 4. The number of para-hydroxylation sites is 2. The number of aldehydes is 3. The molecule has 0 radical (unpaired) electrons. The summed E-state index contributed by atoms with van der Waals surface area (Å²) < 4.78 is 27.5. The van der Waals surface area contributed by atoms with Crippen LogP contribution in [0.1, 0.15) is 68.7 Å². The number of fused-ring (bicyclic) bond motifs is 2. The molecule has 256 valence electrons. The van der Waals surface area contributed by atoms with Crippen LogP contribution in [0.25, 0.3) is 0 Å². The molecule has 10 heteroatoms. The molecule has 48 heavy (non-hydrogen) atoms. The molecule has 2 aliphatic heterocycles. The largest absolute Gasteiger partial charge is 0.508 e. The average molecular weight is 724 g/mol. The summed E-state index contributed by atoms with van der Waals surface area (Å²) in [6.07, 6.45) is 5.33. The quantitative estimate of drug-likeness (QED) is 0.159. The highest BCUT2D eigenvalue weighted by Gasteiger charge is 2.19. The maximum absolute atomic E-state index is 10.7. The van der Waals surface area contributed by atoms with E-state index in [4.69, 9.17) is 28.8 Å². The normalized spacial score (nSPS) is 11.0. The lowest BCUT2D eigenvalue weighted by molar-refractivity contribution is -0.104. The Hall–Kier alpha value is -5.09. The van der Waals surface area contributed by atoms with Crippen molar-refractivity contribution >= 4 is 34.8 Å². The van der Waals surface area contributed by atoms with Crippen molar-refractivity contribution in [1.82, 2.24) is 0 Å². The molecular weight excluding hydrogens is 680 g/mol. The molecule has 0 spiro atoms. The molecule has 0 bridgehead atoms. The topological polar surface area (TPSA) is 118 Å². The first kappa shape index (κ1) is 40.9. The fraction of sp³-hybridized carbons (Fsp3) is 0.237. The Morgan fingerprint density at radius 3 is 1.79 bits per heavy atom. The molecular formula is C38H43BrO9. The van der Waals surface area contributed by atoms with Crippen molar-refractivity contribution in [1.29, 1.82) is 0 Å². The molecule has 9 nitrogen and oxygen atoms in total. The van der Waals surface area contributed by atoms with Crippen LogP contribution >= 0.6 is 15.9 Å². The van der Waals surface area contributed by atoms with E-state index in [1.807, 2.05) is 51.1 Å². The van der Waals surface area contributed by atoms with Gasteiger partial charge in [0.2, 0.25) is 19.3 Å². The van der Waals surface area contributed by atoms with Gasteiger partial charge in [0.25, 0.3) is 0 Å². The second-order valence-electron chi connectivity index (χ2n) is 9.33. The first-order chi connectivity index (χ1) is 23.3. The van der Waals surface area contributed by atoms with Crippen molar-refractivity contribution in [3.05, 3.63) is 112 Å². The van der Waals surface area contributed by atoms with Gasteiger partial charge in [-0.15, -0.1) is 0 Å². The number of hydrogen-bond acceptors (Lipinski definition) is 9. The minimum absolute atomic E-state index is 0.125. The predicted molar refractivity (Wildman–Crippen MR) is 191 cm³/mol. The van der Waals surface area contributed by atoms with Crippen LogP contribution in [0.15, 0.2) is 101 Å². The van der Waals surface area contributed by atoms with Gasteiger partial charge < -0.3 is 28.8 Å². The first-order valence-corrected chi connectivity index (χ1v) is 16.1. The minimum Gasteiger partial charge on any atom is -0.508 e. The zero-order chi connectivity index (χ0) is 35.7. The van der Waals surface area contributed by atoms with Crippen LogP contribution in [0.4, 0.5) is 0 Å². The summed E-state index contributed by atoms with van der Waals surface area (Å²) in [5, 5.41) is 8.79. The number of carbonyl (C=O) groups is 3. The zero-order valence-electron chi connectivity index (χ0n) is 28.1. The van der Waals surface area contributed by atoms with Gasteiger partial charge in [-0.1, -0.05) is 76.6 Å². The Morgan fingerprint density at radius 1 is 0.771 bits per heavy atom. The van der Waals surface area contributed by atoms with Crippen LogP contribution < -0.4 is 23.7 Å². The molecule has 6 rings (SSSR count). The maximum atomic E-state index is 10.7. The molecule has 2 heterocycles. The Balaban J connectivity index is 0.000000329. The van der Waals surface area contributed by atoms with Crippen LogP contribution in [-0.4, -0.2) is 37.6 Å². The molecule has 0 saturated heterocycles. The van der Waals surface area contributed by atoms with E-state index >= 15 is 0 Å². The standard InChI is InChI=1S/C14H10O4.C7H5BrO2.C7H6O2.C5H8O.C3H8.C2H6/c15-8-10-3-1-4-11(7-10)18-13-6-2-5-12-14(13)17-9-16-12;8-5-2-1-3-6-7(5)10-4-9-6;8-5-6-2-1-3-7(9)4-6;1-3-5(2)4-6;1-3-2;1-2/h1-8H,9H2;1-3H,4H2;1-5,9H;3-4H,1-2H3;3H2,1-2H3;1-2H3/b;;;5-3+;;. The van der Waals surface area contributed by atoms with Crippen LogP contribution in [-0.2, 0) is 4.79 Å². The van der Waals surface area contributed by atoms with Crippen LogP contribution in [0.5, 0.6) is 40.2 Å². The van der Waals surface area contributed by atoms with E-state index in [1.165, 1.54) is 18.6 Å². The first-order valence-electron chi connectivity index (χ1n) is 15.3. The number of ether oxygens (including phenoxy) is 5. The van der Waals surface area contributed by atoms with E-state index in [0.717, 1.165) is 34.1 Å². The Bertz CT molecular complexity index is 1580. The van der Waals surface area contributed by atoms with Gasteiger partial charge in [0.05, 0.1) is 4.47 Å². The minimum atomic E-state index is 0.125. The summed E-state index contributed by atoms with van der Waals surface area (Å²) in [5.74, 6) is 4.17. The molecule has 0 aromatic heterocycles. The number of halogens is 1. The third-order valence-electron chi connectivity index (χ3n) is 5.58. The fourth-order valence-corrected chi connectivity index (χ4v) is 3.79. The Morgan fingerprint density at radius 2 is 1.29 bits per heavy atom. The summed E-state index contributed by atoms with van der Waals surface area (Å²) in [5.41, 5.74) is 1.85. The molecule has 0 saturated carbocycles. The molecule has 4 aromatic carbocycles. The van der Waals surface area contributed by atoms with Gasteiger partial charge in [-0.25, -0.2) is 0 Å². The summed E-state index contributed by atoms with van der Waals surface area (Å²) in [4.78, 5) is 30.4. The summed E-state index contributed by atoms with van der Waals surface area (Å²) in [7, 11) is 0. The molecule has 2 aliphatic rings. The number of hydrogen-bond donors (Lipinski definition) is 1. The van der Waals surface area contributed by atoms with Crippen LogP contribution in [0.2, 0.25) is 0 Å². The number of phenols is 1. The smallest absolute Gasteiger partial charge is 0.231 e. The van der Waals surface area contributed by atoms with E-state index in [2.05, 4.69) is 29.8 Å². The maximum Gasteiger partial charge on any atom is 0.231 e. The van der Waals surface area contributed by atoms with Gasteiger partial charge in [0, 0.05) is 11.1 Å². The van der Waals surface area contributed by atoms with E-state index in [0.29, 0.717) is 47.2 Å². The number of carbonyl (C=O) groups excluding carboxylic acids is 3. The van der Waals surface area contributed by atoms with Gasteiger partial charge >= 0.3 is 0 Å². The summed E-state index contributed by atoms with van der Waals surface area (Å²) in [6, 6.07) is 24.3. The Labute approximate surface area is 291 Å². The predicted octanol–water partition coefficient (Wildman–Crippen LogP) is 10.00. The van der Waals surface area contributed by atoms with Gasteiger partial charge in [-0.2, -0.15) is 0 Å². The lowest BCUT2D eigenvalue weighted by Crippen LogP contribution is -1.94. The summed E-state index contributed by atoms with van der Waals surface area (Å²) in [6.45, 7) is 12.4. The highest BCUT2D eigenvalue weighted by atomic mass is 79.9. The molecule has 0 fully saturated rings. The fourth-order valence-electron chi connectivity index (χ4n) is 3.32. The third kappa shape index (κ3) is 14.6. The van der Waals surface area contributed by atoms with E-state index in [1.54, 1.807) is 55.5 Å². The number of rotatable bonds is 5. The van der Waals surface area contributed by atoms with Gasteiger partial charge in [0.15, 0.2) is 23.0 Å². The Kier molecular flexibility index (Phi) is 20.6. The van der Waals surface area contributed by atoms with Gasteiger partial charge in [0.1, 0.15) is 30.4 Å². The van der Waals surface area contributed by atoms with Crippen molar-refractivity contribution in [2.75, 3.05) is 13.6 Å². The number of phenolic OH excluding ortho intramolecular Hbond substituents is 1. The van der Waals surface area contributed by atoms with E-state index in [9.17, 15) is 14.4 Å². The van der Waals surface area contributed by atoms with Crippen molar-refractivity contribution in [3.63, 3.8) is 0 Å². The molecule has 0 unspecified atom stereocenters. The van der Waals surface area contributed by atoms with Crippen LogP contribution in [0, 0.1) is 0 Å². The second-order valence-corrected chi connectivity index (χ2v) is 10.2.